The maximum Gasteiger partial charge on any atom is 0.339 e. The molecule has 0 radical (unpaired) electrons. The zero-order valence-corrected chi connectivity index (χ0v) is 27.5. The number of carboxylic acids is 3. The minimum absolute atomic E-state index is 0.0119. The lowest BCUT2D eigenvalue weighted by Gasteiger charge is -2.32. The molecule has 0 atom stereocenters. The molecule has 0 unspecified atom stereocenters. The molecule has 2 aromatic carbocycles. The molecule has 3 N–H and O–H groups in total. The van der Waals surface area contributed by atoms with Crippen LogP contribution in [0.15, 0.2) is 30.3 Å². The molecule has 2 rings (SSSR count). The predicted octanol–water partition coefficient (Wildman–Crippen LogP) is 9.01. The van der Waals surface area contributed by atoms with Crippen LogP contribution in [0.3, 0.4) is 0 Å². The van der Waals surface area contributed by atoms with Crippen molar-refractivity contribution in [2.45, 2.75) is 131 Å². The van der Waals surface area contributed by atoms with E-state index in [1.807, 2.05) is 27.7 Å². The van der Waals surface area contributed by atoms with Crippen molar-refractivity contribution in [1.29, 1.82) is 0 Å². The lowest BCUT2D eigenvalue weighted by molar-refractivity contribution is -0.0287. The Bertz CT molecular complexity index is 1240. The third-order valence-corrected chi connectivity index (χ3v) is 8.31. The van der Waals surface area contributed by atoms with Gasteiger partial charge in [-0.1, -0.05) is 85.8 Å². The van der Waals surface area contributed by atoms with Gasteiger partial charge in [0.2, 0.25) is 0 Å². The van der Waals surface area contributed by atoms with E-state index >= 15 is 0 Å². The molecule has 0 saturated carbocycles. The first-order valence-corrected chi connectivity index (χ1v) is 16.2. The van der Waals surface area contributed by atoms with Crippen LogP contribution < -0.4 is 0 Å². The number of carbonyl (C=O) groups is 4. The van der Waals surface area contributed by atoms with Crippen molar-refractivity contribution in [3.8, 4) is 0 Å². The highest BCUT2D eigenvalue weighted by Crippen LogP contribution is 2.30. The van der Waals surface area contributed by atoms with Crippen LogP contribution in [-0.2, 0) is 24.0 Å². The second-order valence-corrected chi connectivity index (χ2v) is 11.1. The molecule has 0 bridgehead atoms. The third-order valence-electron chi connectivity index (χ3n) is 8.31. The van der Waals surface area contributed by atoms with Gasteiger partial charge in [-0.3, -0.25) is 0 Å². The van der Waals surface area contributed by atoms with E-state index in [4.69, 9.17) is 4.74 Å². The Hall–Kier alpha value is -3.68. The fourth-order valence-electron chi connectivity index (χ4n) is 5.61. The van der Waals surface area contributed by atoms with Gasteiger partial charge in [0.15, 0.2) is 0 Å². The molecule has 0 fully saturated rings. The van der Waals surface area contributed by atoms with E-state index in [0.29, 0.717) is 12.8 Å². The molecule has 0 heterocycles. The van der Waals surface area contributed by atoms with Crippen molar-refractivity contribution in [1.82, 2.24) is 0 Å². The van der Waals surface area contributed by atoms with Gasteiger partial charge in [0.25, 0.3) is 0 Å². The van der Waals surface area contributed by atoms with Gasteiger partial charge in [-0.2, -0.15) is 0 Å². The number of esters is 1. The van der Waals surface area contributed by atoms with Crippen molar-refractivity contribution >= 4 is 23.9 Å². The van der Waals surface area contributed by atoms with Gasteiger partial charge in [-0.25, -0.2) is 19.2 Å². The molecule has 0 spiro atoms. The van der Waals surface area contributed by atoms with Crippen molar-refractivity contribution in [2.24, 2.45) is 0 Å². The molecule has 8 nitrogen and oxygen atoms in total. The van der Waals surface area contributed by atoms with Crippen molar-refractivity contribution in [2.75, 3.05) is 0 Å². The lowest BCUT2D eigenvalue weighted by atomic mass is 9.86. The summed E-state index contributed by atoms with van der Waals surface area (Å²) in [4.78, 5) is 46.8. The molecule has 0 aliphatic carbocycles. The van der Waals surface area contributed by atoms with Gasteiger partial charge < -0.3 is 20.1 Å². The van der Waals surface area contributed by atoms with E-state index in [1.165, 1.54) is 12.1 Å². The summed E-state index contributed by atoms with van der Waals surface area (Å²) >= 11 is 0. The summed E-state index contributed by atoms with van der Waals surface area (Å²) < 4.78 is 5.76. The number of aromatic carboxylic acids is 3. The Labute approximate surface area is 262 Å². The predicted molar refractivity (Wildman–Crippen MR) is 173 cm³/mol. The summed E-state index contributed by atoms with van der Waals surface area (Å²) in [5.74, 6) is -3.96. The highest BCUT2D eigenvalue weighted by Gasteiger charge is 2.32. The Balaban J connectivity index is 0.000000440. The molecule has 0 amide bonds. The maximum atomic E-state index is 12.5. The first-order chi connectivity index (χ1) is 21.0. The number of aryl methyl sites for hydroxylation is 1. The fraction of sp³-hybridized carbons (Fsp3) is 0.556. The van der Waals surface area contributed by atoms with Gasteiger partial charge in [-0.05, 0) is 86.3 Å². The maximum absolute atomic E-state index is 12.5. The smallest absolute Gasteiger partial charge is 0.339 e. The molecular formula is C36H52O8. The zero-order chi connectivity index (χ0) is 33.3. The highest BCUT2D eigenvalue weighted by atomic mass is 16.6. The van der Waals surface area contributed by atoms with Crippen LogP contribution in [0.1, 0.15) is 164 Å². The molecule has 8 heteroatoms. The number of carbonyl (C=O) groups excluding carboxylic acids is 1. The number of hydrogen-bond acceptors (Lipinski definition) is 5. The number of unbranched alkanes of at least 4 members (excludes halogenated alkanes) is 5. The quantitative estimate of drug-likeness (QED) is 0.112. The molecule has 0 aliphatic rings. The monoisotopic (exact) mass is 612 g/mol. The summed E-state index contributed by atoms with van der Waals surface area (Å²) in [7, 11) is 0. The molecule has 2 aromatic rings. The average Bonchev–Trinajstić information content (AvgIpc) is 3.01. The topological polar surface area (TPSA) is 138 Å². The molecule has 0 aliphatic heterocycles. The molecule has 0 saturated heterocycles. The normalized spacial score (nSPS) is 11.0. The SMILES string of the molecule is CCCCCC(CC)(CC)OC(=O)c1ccccc1C(=O)O.CCCCCCc1c(CC)c(CC)cc(C(=O)O)c1C(=O)O. The molecule has 244 valence electrons. The number of hydrogen-bond donors (Lipinski definition) is 3. The third kappa shape index (κ3) is 10.8. The molecule has 44 heavy (non-hydrogen) atoms. The number of carboxylic acid groups (broad SMARTS) is 3. The molecular weight excluding hydrogens is 560 g/mol. The lowest BCUT2D eigenvalue weighted by Crippen LogP contribution is -2.34. The Morgan fingerprint density at radius 2 is 1.23 bits per heavy atom. The van der Waals surface area contributed by atoms with Gasteiger partial charge in [0, 0.05) is 0 Å². The van der Waals surface area contributed by atoms with E-state index in [9.17, 15) is 34.5 Å². The van der Waals surface area contributed by atoms with E-state index < -0.39 is 29.5 Å². The minimum atomic E-state index is -1.16. The second-order valence-electron chi connectivity index (χ2n) is 11.1. The molecule has 0 aromatic heterocycles. The Morgan fingerprint density at radius 1 is 0.659 bits per heavy atom. The van der Waals surface area contributed by atoms with Crippen LogP contribution in [0.5, 0.6) is 0 Å². The van der Waals surface area contributed by atoms with Crippen molar-refractivity contribution in [3.63, 3.8) is 0 Å². The van der Waals surface area contributed by atoms with Crippen LogP contribution in [-0.4, -0.2) is 44.8 Å². The minimum Gasteiger partial charge on any atom is -0.478 e. The second kappa shape index (κ2) is 19.6. The van der Waals surface area contributed by atoms with Crippen molar-refractivity contribution < 1.29 is 39.2 Å². The van der Waals surface area contributed by atoms with Crippen LogP contribution in [0.4, 0.5) is 0 Å². The zero-order valence-electron chi connectivity index (χ0n) is 27.5. The standard InChI is InChI=1S/2C18H26O4/c1-4-7-10-13-18(5-2,6-3)22-17(21)15-12-9-8-11-14(15)16(19)20;1-4-7-8-9-10-14-13(6-3)12(5-2)11-15(17(19)20)16(14)18(21)22/h8-9,11-12H,4-7,10,13H2,1-3H3,(H,19,20);11H,4-10H2,1-3H3,(H,19,20)(H,21,22). The van der Waals surface area contributed by atoms with Gasteiger partial charge in [0.1, 0.15) is 5.60 Å². The number of ether oxygens (including phenoxy) is 1. The summed E-state index contributed by atoms with van der Waals surface area (Å²) in [6, 6.07) is 7.73. The number of benzene rings is 2. The first kappa shape index (κ1) is 38.3. The van der Waals surface area contributed by atoms with E-state index in [0.717, 1.165) is 87.3 Å². The largest absolute Gasteiger partial charge is 0.478 e. The fourth-order valence-corrected chi connectivity index (χ4v) is 5.61. The van der Waals surface area contributed by atoms with Crippen LogP contribution in [0, 0.1) is 0 Å². The van der Waals surface area contributed by atoms with Crippen molar-refractivity contribution in [3.05, 3.63) is 69.3 Å². The van der Waals surface area contributed by atoms with E-state index in [-0.39, 0.29) is 22.3 Å². The Morgan fingerprint density at radius 3 is 1.70 bits per heavy atom. The van der Waals surface area contributed by atoms with Gasteiger partial charge in [0.05, 0.1) is 22.3 Å². The average molecular weight is 613 g/mol. The van der Waals surface area contributed by atoms with Crippen LogP contribution in [0.25, 0.3) is 0 Å². The van der Waals surface area contributed by atoms with E-state index in [1.54, 1.807) is 18.2 Å². The van der Waals surface area contributed by atoms with Gasteiger partial charge in [-0.15, -0.1) is 0 Å². The summed E-state index contributed by atoms with van der Waals surface area (Å²) in [6.07, 6.45) is 11.7. The first-order valence-electron chi connectivity index (χ1n) is 16.2. The number of rotatable bonds is 18. The van der Waals surface area contributed by atoms with Crippen LogP contribution in [0.2, 0.25) is 0 Å². The summed E-state index contributed by atoms with van der Waals surface area (Å²) in [5, 5.41) is 28.1. The van der Waals surface area contributed by atoms with Crippen LogP contribution >= 0.6 is 0 Å². The Kier molecular flexibility index (Phi) is 17.1. The highest BCUT2D eigenvalue weighted by molar-refractivity contribution is 6.03. The van der Waals surface area contributed by atoms with Gasteiger partial charge >= 0.3 is 23.9 Å². The van der Waals surface area contributed by atoms with E-state index in [2.05, 4.69) is 13.8 Å². The summed E-state index contributed by atoms with van der Waals surface area (Å²) in [5.41, 5.74) is 2.21. The summed E-state index contributed by atoms with van der Waals surface area (Å²) in [6.45, 7) is 12.2.